The van der Waals surface area contributed by atoms with Crippen LogP contribution in [0.3, 0.4) is 0 Å². The van der Waals surface area contributed by atoms with Crippen LogP contribution in [0.1, 0.15) is 34.1 Å². The number of benzene rings is 1. The first-order valence-corrected chi connectivity index (χ1v) is 6.40. The topological polar surface area (TPSA) is 38.9 Å². The maximum Gasteiger partial charge on any atom is 0.123 e. The molecule has 1 aromatic heterocycles. The van der Waals surface area contributed by atoms with E-state index in [4.69, 9.17) is 5.73 Å². The quantitative estimate of drug-likeness (QED) is 0.908. The van der Waals surface area contributed by atoms with Crippen LogP contribution in [0.25, 0.3) is 0 Å². The predicted molar refractivity (Wildman–Crippen MR) is 68.7 cm³/mol. The van der Waals surface area contributed by atoms with Crippen molar-refractivity contribution in [3.63, 3.8) is 0 Å². The molecule has 0 aliphatic heterocycles. The molecule has 4 heteroatoms. The summed E-state index contributed by atoms with van der Waals surface area (Å²) in [4.78, 5) is 5.74. The average molecular weight is 250 g/mol. The number of halogens is 1. The minimum Gasteiger partial charge on any atom is -0.318 e. The summed E-state index contributed by atoms with van der Waals surface area (Å²) in [5, 5.41) is 0.894. The van der Waals surface area contributed by atoms with Crippen molar-refractivity contribution in [2.24, 2.45) is 5.73 Å². The molecule has 0 aliphatic rings. The van der Waals surface area contributed by atoms with Gasteiger partial charge in [0.1, 0.15) is 10.8 Å². The van der Waals surface area contributed by atoms with Crippen molar-refractivity contribution in [1.82, 2.24) is 4.98 Å². The number of nitrogens with two attached hydrogens (primary N) is 1. The Morgan fingerprint density at radius 1 is 1.35 bits per heavy atom. The van der Waals surface area contributed by atoms with Crippen molar-refractivity contribution < 1.29 is 4.39 Å². The molecule has 2 rings (SSSR count). The second kappa shape index (κ2) is 4.94. The number of aryl methyl sites for hydroxylation is 2. The maximum atomic E-state index is 12.8. The van der Waals surface area contributed by atoms with Gasteiger partial charge in [0.15, 0.2) is 0 Å². The van der Waals surface area contributed by atoms with Crippen molar-refractivity contribution >= 4 is 11.3 Å². The first kappa shape index (κ1) is 12.2. The zero-order chi connectivity index (χ0) is 12.4. The smallest absolute Gasteiger partial charge is 0.123 e. The van der Waals surface area contributed by atoms with Crippen LogP contribution in [0.4, 0.5) is 4.39 Å². The van der Waals surface area contributed by atoms with E-state index >= 15 is 0 Å². The Morgan fingerprint density at radius 3 is 2.53 bits per heavy atom. The Kier molecular flexibility index (Phi) is 3.54. The lowest BCUT2D eigenvalue weighted by atomic mass is 10.1. The normalized spacial score (nSPS) is 12.7. The standard InChI is InChI=1S/C13H15FN2S/c1-3-11-8(2)17-13(16-11)12(15)9-4-6-10(14)7-5-9/h4-7,12H,3,15H2,1-2H3. The molecule has 2 nitrogen and oxygen atoms in total. The summed E-state index contributed by atoms with van der Waals surface area (Å²) < 4.78 is 12.8. The highest BCUT2D eigenvalue weighted by Crippen LogP contribution is 2.26. The molecule has 2 N–H and O–H groups in total. The molecule has 0 fully saturated rings. The Hall–Kier alpha value is -1.26. The van der Waals surface area contributed by atoms with Gasteiger partial charge in [-0.3, -0.25) is 0 Å². The molecule has 0 amide bonds. The lowest BCUT2D eigenvalue weighted by Crippen LogP contribution is -2.11. The molecule has 0 saturated carbocycles. The van der Waals surface area contributed by atoms with Gasteiger partial charge >= 0.3 is 0 Å². The molecule has 17 heavy (non-hydrogen) atoms. The van der Waals surface area contributed by atoms with Crippen LogP contribution >= 0.6 is 11.3 Å². The Labute approximate surface area is 104 Å². The van der Waals surface area contributed by atoms with Crippen molar-refractivity contribution in [1.29, 1.82) is 0 Å². The third-order valence-corrected chi connectivity index (χ3v) is 3.84. The van der Waals surface area contributed by atoms with E-state index < -0.39 is 0 Å². The lowest BCUT2D eigenvalue weighted by molar-refractivity contribution is 0.626. The van der Waals surface area contributed by atoms with Gasteiger partial charge in [-0.2, -0.15) is 0 Å². The second-order valence-corrected chi connectivity index (χ2v) is 5.17. The van der Waals surface area contributed by atoms with Crippen molar-refractivity contribution in [3.05, 3.63) is 51.2 Å². The van der Waals surface area contributed by atoms with Crippen molar-refractivity contribution in [2.75, 3.05) is 0 Å². The number of thiazole rings is 1. The van der Waals surface area contributed by atoms with Gasteiger partial charge in [-0.25, -0.2) is 9.37 Å². The van der Waals surface area contributed by atoms with E-state index in [1.807, 2.05) is 0 Å². The van der Waals surface area contributed by atoms with Crippen LogP contribution in [-0.2, 0) is 6.42 Å². The number of aromatic nitrogens is 1. The third-order valence-electron chi connectivity index (χ3n) is 2.74. The van der Waals surface area contributed by atoms with E-state index in [-0.39, 0.29) is 11.9 Å². The summed E-state index contributed by atoms with van der Waals surface area (Å²) in [6.07, 6.45) is 0.915. The van der Waals surface area contributed by atoms with Crippen LogP contribution in [0, 0.1) is 12.7 Å². The van der Waals surface area contributed by atoms with Gasteiger partial charge in [0.05, 0.1) is 11.7 Å². The van der Waals surface area contributed by atoms with Crippen molar-refractivity contribution in [3.8, 4) is 0 Å². The van der Waals surface area contributed by atoms with E-state index in [0.717, 1.165) is 22.7 Å². The van der Waals surface area contributed by atoms with Crippen LogP contribution < -0.4 is 5.73 Å². The maximum absolute atomic E-state index is 12.8. The zero-order valence-electron chi connectivity index (χ0n) is 9.90. The highest BCUT2D eigenvalue weighted by Gasteiger charge is 2.15. The van der Waals surface area contributed by atoms with Gasteiger partial charge < -0.3 is 5.73 Å². The molecule has 1 heterocycles. The van der Waals surface area contributed by atoms with E-state index in [1.54, 1.807) is 23.5 Å². The Morgan fingerprint density at radius 2 is 2.00 bits per heavy atom. The first-order chi connectivity index (χ1) is 8.11. The fraction of sp³-hybridized carbons (Fsp3) is 0.308. The van der Waals surface area contributed by atoms with Gasteiger partial charge in [-0.15, -0.1) is 11.3 Å². The van der Waals surface area contributed by atoms with Crippen LogP contribution in [-0.4, -0.2) is 4.98 Å². The predicted octanol–water partition coefficient (Wildman–Crippen LogP) is 3.20. The van der Waals surface area contributed by atoms with E-state index in [1.165, 1.54) is 17.0 Å². The molecule has 1 atom stereocenters. The molecule has 0 saturated heterocycles. The second-order valence-electron chi connectivity index (χ2n) is 3.94. The lowest BCUT2D eigenvalue weighted by Gasteiger charge is -2.08. The number of hydrogen-bond donors (Lipinski definition) is 1. The minimum absolute atomic E-state index is 0.245. The molecule has 0 aliphatic carbocycles. The average Bonchev–Trinajstić information content (AvgIpc) is 2.70. The molecular formula is C13H15FN2S. The molecule has 1 aromatic carbocycles. The van der Waals surface area contributed by atoms with Gasteiger partial charge in [-0.1, -0.05) is 19.1 Å². The monoisotopic (exact) mass is 250 g/mol. The van der Waals surface area contributed by atoms with Gasteiger partial charge in [0, 0.05) is 4.88 Å². The Bertz CT molecular complexity index is 505. The summed E-state index contributed by atoms with van der Waals surface area (Å²) in [7, 11) is 0. The highest BCUT2D eigenvalue weighted by atomic mass is 32.1. The minimum atomic E-state index is -0.264. The van der Waals surface area contributed by atoms with Gasteiger partial charge in [0.25, 0.3) is 0 Å². The number of hydrogen-bond acceptors (Lipinski definition) is 3. The summed E-state index contributed by atoms with van der Waals surface area (Å²) in [5.74, 6) is -0.245. The third kappa shape index (κ3) is 2.53. The molecule has 90 valence electrons. The van der Waals surface area contributed by atoms with Crippen molar-refractivity contribution in [2.45, 2.75) is 26.3 Å². The molecule has 0 radical (unpaired) electrons. The number of rotatable bonds is 3. The summed E-state index contributed by atoms with van der Waals surface area (Å²) in [6, 6.07) is 6.01. The largest absolute Gasteiger partial charge is 0.318 e. The van der Waals surface area contributed by atoms with Gasteiger partial charge in [0.2, 0.25) is 0 Å². The molecule has 0 spiro atoms. The summed E-state index contributed by atoms with van der Waals surface area (Å²) in [6.45, 7) is 4.13. The van der Waals surface area contributed by atoms with Crippen LogP contribution in [0.5, 0.6) is 0 Å². The van der Waals surface area contributed by atoms with E-state index in [2.05, 4.69) is 18.8 Å². The van der Waals surface area contributed by atoms with E-state index in [0.29, 0.717) is 0 Å². The molecular weight excluding hydrogens is 235 g/mol. The molecule has 0 bridgehead atoms. The number of nitrogens with zero attached hydrogens (tertiary/aromatic N) is 1. The van der Waals surface area contributed by atoms with Crippen LogP contribution in [0.2, 0.25) is 0 Å². The zero-order valence-corrected chi connectivity index (χ0v) is 10.7. The first-order valence-electron chi connectivity index (χ1n) is 5.59. The molecule has 1 unspecified atom stereocenters. The SMILES string of the molecule is CCc1nc(C(N)c2ccc(F)cc2)sc1C. The van der Waals surface area contributed by atoms with Gasteiger partial charge in [-0.05, 0) is 31.0 Å². The fourth-order valence-electron chi connectivity index (χ4n) is 1.72. The summed E-state index contributed by atoms with van der Waals surface area (Å²) >= 11 is 1.62. The Balaban J connectivity index is 2.29. The van der Waals surface area contributed by atoms with E-state index in [9.17, 15) is 4.39 Å². The van der Waals surface area contributed by atoms with Crippen LogP contribution in [0.15, 0.2) is 24.3 Å². The highest BCUT2D eigenvalue weighted by molar-refractivity contribution is 7.11. The molecule has 2 aromatic rings. The summed E-state index contributed by atoms with van der Waals surface area (Å²) in [5.41, 5.74) is 8.12. The fourth-order valence-corrected chi connectivity index (χ4v) is 2.76.